The Kier molecular flexibility index (Phi) is 3.36. The Bertz CT molecular complexity index is 1180. The number of fused-ring (bicyclic) bond motifs is 2. The molecule has 1 amide bonds. The average molecular weight is 366 g/mol. The van der Waals surface area contributed by atoms with Gasteiger partial charge in [-0.25, -0.2) is 14.4 Å². The number of nitrogens with one attached hydrogen (secondary N) is 2. The summed E-state index contributed by atoms with van der Waals surface area (Å²) in [6.45, 7) is 0. The molecule has 3 heterocycles. The van der Waals surface area contributed by atoms with E-state index < -0.39 is 12.2 Å². The van der Waals surface area contributed by atoms with Gasteiger partial charge in [0.05, 0.1) is 17.9 Å². The second-order valence-electron chi connectivity index (χ2n) is 6.44. The lowest BCUT2D eigenvalue weighted by Crippen LogP contribution is -2.27. The van der Waals surface area contributed by atoms with Crippen molar-refractivity contribution in [1.82, 2.24) is 24.9 Å². The van der Waals surface area contributed by atoms with Crippen LogP contribution in [0.25, 0.3) is 28.0 Å². The monoisotopic (exact) mass is 366 g/mol. The molecule has 0 spiro atoms. The van der Waals surface area contributed by atoms with Crippen molar-refractivity contribution in [2.24, 2.45) is 0 Å². The van der Waals surface area contributed by atoms with Crippen LogP contribution in [0.15, 0.2) is 41.3 Å². The molecule has 9 heteroatoms. The molecular weight excluding hydrogens is 351 g/mol. The minimum Gasteiger partial charge on any atom is -0.443 e. The van der Waals surface area contributed by atoms with Gasteiger partial charge in [-0.05, 0) is 18.2 Å². The number of benzene rings is 1. The van der Waals surface area contributed by atoms with Crippen LogP contribution in [-0.2, 0) is 0 Å². The first-order valence-corrected chi connectivity index (χ1v) is 8.49. The standard InChI is InChI=1S/C18H15FN6O2/c1-20-16-6-12(9-2-3-15-14(4-9)21-8-27-15)23-17-10(7-22-25(16)17)18(26)24-13-5-11(13)19/h2-4,6-8,11,13,20H,5H2,1H3,(H,24,26)/t11-,13+/m1/s1. The summed E-state index contributed by atoms with van der Waals surface area (Å²) in [5, 5.41) is 9.97. The molecule has 1 aromatic carbocycles. The molecule has 0 unspecified atom stereocenters. The third-order valence-electron chi connectivity index (χ3n) is 4.63. The lowest BCUT2D eigenvalue weighted by atomic mass is 10.1. The SMILES string of the molecule is CNc1cc(-c2ccc3ocnc3c2)nc2c(C(=O)N[C@H]3C[C@H]3F)cnn12. The Balaban J connectivity index is 1.62. The van der Waals surface area contributed by atoms with E-state index in [1.807, 2.05) is 24.3 Å². The number of oxazole rings is 1. The van der Waals surface area contributed by atoms with Gasteiger partial charge < -0.3 is 15.1 Å². The Morgan fingerprint density at radius 1 is 1.37 bits per heavy atom. The van der Waals surface area contributed by atoms with Crippen LogP contribution in [0, 0.1) is 0 Å². The summed E-state index contributed by atoms with van der Waals surface area (Å²) in [6.07, 6.45) is 2.21. The summed E-state index contributed by atoms with van der Waals surface area (Å²) in [5.74, 6) is 0.290. The second kappa shape index (κ2) is 5.76. The number of hydrogen-bond donors (Lipinski definition) is 2. The maximum atomic E-state index is 13.1. The average Bonchev–Trinajstić information content (AvgIpc) is 3.08. The normalized spacial score (nSPS) is 18.7. The number of amides is 1. The van der Waals surface area contributed by atoms with Crippen LogP contribution in [-0.4, -0.2) is 44.8 Å². The van der Waals surface area contributed by atoms with E-state index in [4.69, 9.17) is 4.42 Å². The van der Waals surface area contributed by atoms with Gasteiger partial charge >= 0.3 is 0 Å². The fourth-order valence-corrected chi connectivity index (χ4v) is 3.03. The van der Waals surface area contributed by atoms with Crippen LogP contribution in [0.5, 0.6) is 0 Å². The highest BCUT2D eigenvalue weighted by atomic mass is 19.1. The number of alkyl halides is 1. The van der Waals surface area contributed by atoms with Crippen molar-refractivity contribution < 1.29 is 13.6 Å². The maximum Gasteiger partial charge on any atom is 0.257 e. The van der Waals surface area contributed by atoms with E-state index in [1.165, 1.54) is 12.6 Å². The van der Waals surface area contributed by atoms with Crippen molar-refractivity contribution in [2.45, 2.75) is 18.6 Å². The highest BCUT2D eigenvalue weighted by molar-refractivity contribution is 6.00. The van der Waals surface area contributed by atoms with Gasteiger partial charge in [0.15, 0.2) is 17.6 Å². The summed E-state index contributed by atoms with van der Waals surface area (Å²) in [4.78, 5) is 21.3. The van der Waals surface area contributed by atoms with E-state index >= 15 is 0 Å². The largest absolute Gasteiger partial charge is 0.443 e. The van der Waals surface area contributed by atoms with Gasteiger partial charge in [-0.3, -0.25) is 4.79 Å². The quantitative estimate of drug-likeness (QED) is 0.576. The number of carbonyl (C=O) groups is 1. The highest BCUT2D eigenvalue weighted by Crippen LogP contribution is 2.28. The molecule has 1 fully saturated rings. The molecule has 2 N–H and O–H groups in total. The zero-order chi connectivity index (χ0) is 18.5. The second-order valence-corrected chi connectivity index (χ2v) is 6.44. The van der Waals surface area contributed by atoms with E-state index in [9.17, 15) is 9.18 Å². The molecule has 4 aromatic rings. The predicted molar refractivity (Wildman–Crippen MR) is 96.3 cm³/mol. The van der Waals surface area contributed by atoms with Crippen molar-refractivity contribution in [3.05, 3.63) is 42.4 Å². The molecule has 1 aliphatic carbocycles. The Morgan fingerprint density at radius 2 is 2.22 bits per heavy atom. The van der Waals surface area contributed by atoms with Crippen molar-refractivity contribution in [1.29, 1.82) is 0 Å². The van der Waals surface area contributed by atoms with Gasteiger partial charge in [-0.2, -0.15) is 9.61 Å². The van der Waals surface area contributed by atoms with Crippen molar-refractivity contribution in [3.8, 4) is 11.3 Å². The first-order chi connectivity index (χ1) is 13.1. The minimum absolute atomic E-state index is 0.301. The van der Waals surface area contributed by atoms with Crippen molar-refractivity contribution >= 4 is 28.5 Å². The highest BCUT2D eigenvalue weighted by Gasteiger charge is 2.39. The molecular formula is C18H15FN6O2. The van der Waals surface area contributed by atoms with Gasteiger partial charge in [0, 0.05) is 25.1 Å². The topological polar surface area (TPSA) is 97.4 Å². The van der Waals surface area contributed by atoms with E-state index in [0.717, 1.165) is 11.1 Å². The van der Waals surface area contributed by atoms with E-state index in [0.29, 0.717) is 34.7 Å². The van der Waals surface area contributed by atoms with Gasteiger partial charge in [0.25, 0.3) is 5.91 Å². The van der Waals surface area contributed by atoms with E-state index in [2.05, 4.69) is 25.7 Å². The van der Waals surface area contributed by atoms with Crippen LogP contribution in [0.4, 0.5) is 10.2 Å². The molecule has 136 valence electrons. The molecule has 1 saturated carbocycles. The first-order valence-electron chi connectivity index (χ1n) is 8.49. The summed E-state index contributed by atoms with van der Waals surface area (Å²) in [6, 6.07) is 6.97. The van der Waals surface area contributed by atoms with E-state index in [1.54, 1.807) is 11.6 Å². The molecule has 0 radical (unpaired) electrons. The van der Waals surface area contributed by atoms with Gasteiger partial charge in [0.2, 0.25) is 0 Å². The fraction of sp³-hybridized carbons (Fsp3) is 0.222. The zero-order valence-corrected chi connectivity index (χ0v) is 14.3. The number of rotatable bonds is 4. The van der Waals surface area contributed by atoms with Crippen LogP contribution in [0.3, 0.4) is 0 Å². The molecule has 2 atom stereocenters. The van der Waals surface area contributed by atoms with Crippen LogP contribution in [0.2, 0.25) is 0 Å². The minimum atomic E-state index is -0.971. The molecule has 3 aromatic heterocycles. The molecule has 27 heavy (non-hydrogen) atoms. The van der Waals surface area contributed by atoms with Crippen LogP contribution < -0.4 is 10.6 Å². The van der Waals surface area contributed by atoms with Crippen LogP contribution >= 0.6 is 0 Å². The smallest absolute Gasteiger partial charge is 0.257 e. The Labute approximate surface area is 152 Å². The third kappa shape index (κ3) is 2.59. The Morgan fingerprint density at radius 3 is 3.00 bits per heavy atom. The molecule has 0 bridgehead atoms. The zero-order valence-electron chi connectivity index (χ0n) is 14.3. The third-order valence-corrected chi connectivity index (χ3v) is 4.63. The van der Waals surface area contributed by atoms with Gasteiger partial charge in [-0.1, -0.05) is 0 Å². The van der Waals surface area contributed by atoms with Crippen molar-refractivity contribution in [3.63, 3.8) is 0 Å². The number of aromatic nitrogens is 4. The number of nitrogens with zero attached hydrogens (tertiary/aromatic N) is 4. The van der Waals surface area contributed by atoms with Crippen molar-refractivity contribution in [2.75, 3.05) is 12.4 Å². The summed E-state index contributed by atoms with van der Waals surface area (Å²) in [5.41, 5.74) is 3.58. The van der Waals surface area contributed by atoms with Gasteiger partial charge in [-0.15, -0.1) is 0 Å². The Hall–Kier alpha value is -3.49. The molecule has 8 nitrogen and oxygen atoms in total. The number of hydrogen-bond acceptors (Lipinski definition) is 6. The summed E-state index contributed by atoms with van der Waals surface area (Å²) < 4.78 is 19.9. The number of carbonyl (C=O) groups excluding carboxylic acids is 1. The van der Waals surface area contributed by atoms with Crippen LogP contribution in [0.1, 0.15) is 16.8 Å². The molecule has 0 aliphatic heterocycles. The summed E-state index contributed by atoms with van der Waals surface area (Å²) >= 11 is 0. The molecule has 5 rings (SSSR count). The maximum absolute atomic E-state index is 13.1. The number of halogens is 1. The molecule has 0 saturated heterocycles. The lowest BCUT2D eigenvalue weighted by Gasteiger charge is -2.08. The molecule has 1 aliphatic rings. The summed E-state index contributed by atoms with van der Waals surface area (Å²) in [7, 11) is 1.76. The van der Waals surface area contributed by atoms with E-state index in [-0.39, 0.29) is 5.91 Å². The fourth-order valence-electron chi connectivity index (χ4n) is 3.03. The van der Waals surface area contributed by atoms with Gasteiger partial charge in [0.1, 0.15) is 23.1 Å². The predicted octanol–water partition coefficient (Wildman–Crippen LogP) is 2.42. The lowest BCUT2D eigenvalue weighted by molar-refractivity contribution is 0.0949. The number of anilines is 1. The first kappa shape index (κ1) is 15.7.